The van der Waals surface area contributed by atoms with Crippen molar-refractivity contribution in [1.82, 2.24) is 24.9 Å². The van der Waals surface area contributed by atoms with E-state index in [1.54, 1.807) is 6.20 Å². The van der Waals surface area contributed by atoms with Gasteiger partial charge in [0.1, 0.15) is 0 Å². The Morgan fingerprint density at radius 2 is 0.691 bits per heavy atom. The fraction of sp³-hybridized carbons (Fsp3) is 0.0200. The molecule has 260 valence electrons. The van der Waals surface area contributed by atoms with Gasteiger partial charge in [-0.2, -0.15) is 0 Å². The normalized spacial score (nSPS) is 11.0. The zero-order chi connectivity index (χ0) is 37.0. The molecule has 0 spiro atoms. The third-order valence-corrected chi connectivity index (χ3v) is 9.74. The Kier molecular flexibility index (Phi) is 9.09. The van der Waals surface area contributed by atoms with Crippen molar-refractivity contribution in [1.29, 1.82) is 0 Å². The molecule has 55 heavy (non-hydrogen) atoms. The van der Waals surface area contributed by atoms with Gasteiger partial charge in [0.25, 0.3) is 0 Å². The van der Waals surface area contributed by atoms with Crippen molar-refractivity contribution in [3.8, 4) is 90.1 Å². The lowest BCUT2D eigenvalue weighted by atomic mass is 9.95. The van der Waals surface area contributed by atoms with Gasteiger partial charge in [0.05, 0.1) is 11.4 Å². The zero-order valence-electron chi connectivity index (χ0n) is 30.2. The van der Waals surface area contributed by atoms with E-state index >= 15 is 0 Å². The summed E-state index contributed by atoms with van der Waals surface area (Å²) >= 11 is 0. The number of pyridine rings is 2. The summed E-state index contributed by atoms with van der Waals surface area (Å²) in [6.45, 7) is 2.10. The van der Waals surface area contributed by atoms with Gasteiger partial charge in [0, 0.05) is 34.6 Å². The van der Waals surface area contributed by atoms with Crippen molar-refractivity contribution >= 4 is 0 Å². The summed E-state index contributed by atoms with van der Waals surface area (Å²) in [5, 5.41) is 0. The smallest absolute Gasteiger partial charge is 0.164 e. The second-order valence-electron chi connectivity index (χ2n) is 13.5. The Balaban J connectivity index is 1.18. The molecule has 0 aliphatic carbocycles. The summed E-state index contributed by atoms with van der Waals surface area (Å²) < 4.78 is 0. The largest absolute Gasteiger partial charge is 0.255 e. The van der Waals surface area contributed by atoms with Gasteiger partial charge in [0.2, 0.25) is 0 Å². The molecule has 0 aliphatic rings. The lowest BCUT2D eigenvalue weighted by Crippen LogP contribution is -2.01. The van der Waals surface area contributed by atoms with Gasteiger partial charge in [-0.25, -0.2) is 15.0 Å². The second kappa shape index (κ2) is 14.9. The minimum Gasteiger partial charge on any atom is -0.255 e. The quantitative estimate of drug-likeness (QED) is 0.157. The monoisotopic (exact) mass is 705 g/mol. The van der Waals surface area contributed by atoms with Gasteiger partial charge in [-0.3, -0.25) is 9.97 Å². The van der Waals surface area contributed by atoms with Crippen LogP contribution in [-0.2, 0) is 0 Å². The molecule has 9 rings (SSSR count). The standard InChI is InChI=1S/C50H35N5/c1-34-15-17-39(18-16-34)43-30-44(42-27-28-47(52-33-42)46-14-8-9-29-51-46)32-45(31-43)50-54-48(40-23-19-37(20-24-40)35-10-4-2-5-11-35)53-49(55-50)41-25-21-38(22-26-41)36-12-6-3-7-13-36/h2-33H,1H3. The Hall–Kier alpha value is -7.37. The molecule has 0 aliphatic heterocycles. The average Bonchev–Trinajstić information content (AvgIpc) is 3.27. The predicted molar refractivity (Wildman–Crippen MR) is 224 cm³/mol. The van der Waals surface area contributed by atoms with E-state index in [2.05, 4.69) is 158 Å². The summed E-state index contributed by atoms with van der Waals surface area (Å²) in [7, 11) is 0. The SMILES string of the molecule is Cc1ccc(-c2cc(-c3ccc(-c4ccccn4)nc3)cc(-c3nc(-c4ccc(-c5ccccc5)cc4)nc(-c4ccc(-c5ccccc5)cc4)n3)c2)cc1. The number of aromatic nitrogens is 5. The number of rotatable bonds is 8. The molecular weight excluding hydrogens is 671 g/mol. The Labute approximate surface area is 320 Å². The number of hydrogen-bond donors (Lipinski definition) is 0. The first-order chi connectivity index (χ1) is 27.1. The van der Waals surface area contributed by atoms with Crippen molar-refractivity contribution in [2.75, 3.05) is 0 Å². The third kappa shape index (κ3) is 7.32. The van der Waals surface area contributed by atoms with E-state index in [4.69, 9.17) is 19.9 Å². The van der Waals surface area contributed by atoms with Crippen LogP contribution in [0.1, 0.15) is 5.56 Å². The first-order valence-electron chi connectivity index (χ1n) is 18.3. The van der Waals surface area contributed by atoms with Crippen molar-refractivity contribution in [3.63, 3.8) is 0 Å². The van der Waals surface area contributed by atoms with Crippen LogP contribution in [0.25, 0.3) is 90.1 Å². The molecule has 9 aromatic rings. The van der Waals surface area contributed by atoms with Crippen LogP contribution in [-0.4, -0.2) is 24.9 Å². The third-order valence-electron chi connectivity index (χ3n) is 9.74. The fourth-order valence-corrected chi connectivity index (χ4v) is 6.71. The Morgan fingerprint density at radius 1 is 0.291 bits per heavy atom. The molecule has 0 radical (unpaired) electrons. The number of aryl methyl sites for hydroxylation is 1. The van der Waals surface area contributed by atoms with E-state index in [1.807, 2.05) is 42.6 Å². The van der Waals surface area contributed by atoms with Crippen molar-refractivity contribution < 1.29 is 0 Å². The molecule has 0 atom stereocenters. The van der Waals surface area contributed by atoms with E-state index in [0.29, 0.717) is 17.5 Å². The molecule has 0 saturated carbocycles. The topological polar surface area (TPSA) is 64.5 Å². The first-order valence-corrected chi connectivity index (χ1v) is 18.3. The second-order valence-corrected chi connectivity index (χ2v) is 13.5. The highest BCUT2D eigenvalue weighted by atomic mass is 15.0. The molecular formula is C50H35N5. The summed E-state index contributed by atoms with van der Waals surface area (Å²) in [6.07, 6.45) is 3.70. The van der Waals surface area contributed by atoms with Gasteiger partial charge in [-0.1, -0.05) is 151 Å². The molecule has 0 unspecified atom stereocenters. The minimum atomic E-state index is 0.590. The van der Waals surface area contributed by atoms with Crippen LogP contribution in [0.4, 0.5) is 0 Å². The van der Waals surface area contributed by atoms with Crippen LogP contribution in [0.2, 0.25) is 0 Å². The van der Waals surface area contributed by atoms with Crippen molar-refractivity contribution in [2.24, 2.45) is 0 Å². The van der Waals surface area contributed by atoms with Crippen LogP contribution < -0.4 is 0 Å². The lowest BCUT2D eigenvalue weighted by Gasteiger charge is -2.13. The summed E-state index contributed by atoms with van der Waals surface area (Å²) in [5.41, 5.74) is 14.3. The molecule has 0 saturated heterocycles. The van der Waals surface area contributed by atoms with E-state index in [9.17, 15) is 0 Å². The highest BCUT2D eigenvalue weighted by Crippen LogP contribution is 2.34. The average molecular weight is 706 g/mol. The van der Waals surface area contributed by atoms with Crippen molar-refractivity contribution in [2.45, 2.75) is 6.92 Å². The van der Waals surface area contributed by atoms with Crippen LogP contribution in [0.5, 0.6) is 0 Å². The van der Waals surface area contributed by atoms with Crippen LogP contribution >= 0.6 is 0 Å². The summed E-state index contributed by atoms with van der Waals surface area (Å²) in [4.78, 5) is 24.7. The molecule has 0 amide bonds. The molecule has 0 bridgehead atoms. The summed E-state index contributed by atoms with van der Waals surface area (Å²) in [6, 6.07) is 62.7. The Bertz CT molecular complexity index is 2590. The van der Waals surface area contributed by atoms with E-state index in [-0.39, 0.29) is 0 Å². The molecule has 3 aromatic heterocycles. The maximum atomic E-state index is 5.16. The molecule has 0 N–H and O–H groups in total. The van der Waals surface area contributed by atoms with Gasteiger partial charge >= 0.3 is 0 Å². The highest BCUT2D eigenvalue weighted by molar-refractivity contribution is 5.81. The number of hydrogen-bond acceptors (Lipinski definition) is 5. The van der Waals surface area contributed by atoms with E-state index < -0.39 is 0 Å². The van der Waals surface area contributed by atoms with E-state index in [1.165, 1.54) is 5.56 Å². The zero-order valence-corrected chi connectivity index (χ0v) is 30.2. The van der Waals surface area contributed by atoms with Gasteiger partial charge in [-0.05, 0) is 82.3 Å². The van der Waals surface area contributed by atoms with Crippen LogP contribution in [0.3, 0.4) is 0 Å². The fourth-order valence-electron chi connectivity index (χ4n) is 6.71. The Morgan fingerprint density at radius 3 is 1.20 bits per heavy atom. The molecule has 0 fully saturated rings. The van der Waals surface area contributed by atoms with Gasteiger partial charge in [0.15, 0.2) is 17.5 Å². The lowest BCUT2D eigenvalue weighted by molar-refractivity contribution is 1.07. The highest BCUT2D eigenvalue weighted by Gasteiger charge is 2.16. The van der Waals surface area contributed by atoms with Crippen LogP contribution in [0.15, 0.2) is 194 Å². The number of benzene rings is 6. The molecule has 5 heteroatoms. The predicted octanol–water partition coefficient (Wildman–Crippen LogP) is 12.3. The van der Waals surface area contributed by atoms with Crippen molar-refractivity contribution in [3.05, 3.63) is 200 Å². The molecule has 6 aromatic carbocycles. The molecule has 3 heterocycles. The maximum absolute atomic E-state index is 5.16. The summed E-state index contributed by atoms with van der Waals surface area (Å²) in [5.74, 6) is 1.80. The van der Waals surface area contributed by atoms with Gasteiger partial charge < -0.3 is 0 Å². The molecule has 5 nitrogen and oxygen atoms in total. The van der Waals surface area contributed by atoms with Gasteiger partial charge in [-0.15, -0.1) is 0 Å². The van der Waals surface area contributed by atoms with E-state index in [0.717, 1.165) is 72.6 Å². The maximum Gasteiger partial charge on any atom is 0.164 e. The minimum absolute atomic E-state index is 0.590. The number of nitrogens with zero attached hydrogens (tertiary/aromatic N) is 5. The first kappa shape index (κ1) is 33.5. The van der Waals surface area contributed by atoms with Crippen LogP contribution in [0, 0.1) is 6.92 Å².